The first-order valence-corrected chi connectivity index (χ1v) is 6.89. The summed E-state index contributed by atoms with van der Waals surface area (Å²) >= 11 is 1.57. The zero-order valence-electron chi connectivity index (χ0n) is 10.9. The number of ether oxygens (including phenoxy) is 1. The van der Waals surface area contributed by atoms with Crippen LogP contribution in [0.1, 0.15) is 25.5 Å². The Bertz CT molecular complexity index is 387. The molecule has 0 saturated carbocycles. The van der Waals surface area contributed by atoms with Crippen LogP contribution >= 0.6 is 11.8 Å². The second-order valence-corrected chi connectivity index (χ2v) is 5.69. The number of benzene rings is 1. The first-order valence-electron chi connectivity index (χ1n) is 5.84. The maximum atomic E-state index is 13.5. The van der Waals surface area contributed by atoms with E-state index in [1.807, 2.05) is 6.92 Å². The molecule has 0 aliphatic carbocycles. The summed E-state index contributed by atoms with van der Waals surface area (Å²) in [6.07, 6.45) is -0.380. The number of aliphatic hydroxyl groups is 1. The van der Waals surface area contributed by atoms with Crippen LogP contribution in [0.5, 0.6) is 5.75 Å². The fourth-order valence-corrected chi connectivity index (χ4v) is 2.39. The van der Waals surface area contributed by atoms with Crippen molar-refractivity contribution in [2.75, 3.05) is 12.9 Å². The number of methoxy groups -OCH3 is 1. The van der Waals surface area contributed by atoms with Crippen molar-refractivity contribution >= 4 is 11.8 Å². The predicted octanol–water partition coefficient (Wildman–Crippen LogP) is 2.34. The lowest BCUT2D eigenvalue weighted by molar-refractivity contribution is 0.196. The van der Waals surface area contributed by atoms with Crippen molar-refractivity contribution in [1.29, 1.82) is 0 Å². The summed E-state index contributed by atoms with van der Waals surface area (Å²) in [5, 5.41) is 9.49. The fourth-order valence-electron chi connectivity index (χ4n) is 1.40. The van der Waals surface area contributed by atoms with Crippen molar-refractivity contribution in [3.63, 3.8) is 0 Å². The molecule has 0 aliphatic heterocycles. The van der Waals surface area contributed by atoms with Crippen molar-refractivity contribution in [3.05, 3.63) is 29.6 Å². The van der Waals surface area contributed by atoms with Gasteiger partial charge in [-0.25, -0.2) is 4.39 Å². The summed E-state index contributed by atoms with van der Waals surface area (Å²) in [5.74, 6) is 0.452. The van der Waals surface area contributed by atoms with Gasteiger partial charge in [-0.3, -0.25) is 0 Å². The van der Waals surface area contributed by atoms with Gasteiger partial charge in [0, 0.05) is 17.0 Å². The summed E-state index contributed by atoms with van der Waals surface area (Å²) < 4.78 is 18.4. The highest BCUT2D eigenvalue weighted by Gasteiger charge is 2.14. The molecule has 0 aliphatic rings. The number of aliphatic hydroxyl groups excluding tert-OH is 1. The van der Waals surface area contributed by atoms with Gasteiger partial charge in [-0.05, 0) is 24.6 Å². The maximum Gasteiger partial charge on any atom is 0.165 e. The van der Waals surface area contributed by atoms with Crippen LogP contribution in [0.4, 0.5) is 4.39 Å². The van der Waals surface area contributed by atoms with Crippen LogP contribution in [-0.4, -0.2) is 29.3 Å². The van der Waals surface area contributed by atoms with E-state index in [0.29, 0.717) is 5.75 Å². The standard InChI is InChI=1S/C13H20FNO2S/c1-8(16)9(2)18-7-12(15)10-4-5-13(17-3)11(14)6-10/h4-6,8-9,12,16H,7,15H2,1-3H3. The number of nitrogens with two attached hydrogens (primary N) is 1. The van der Waals surface area contributed by atoms with Gasteiger partial charge in [-0.15, -0.1) is 0 Å². The van der Waals surface area contributed by atoms with Crippen LogP contribution in [0.3, 0.4) is 0 Å². The monoisotopic (exact) mass is 273 g/mol. The Morgan fingerprint density at radius 2 is 2.11 bits per heavy atom. The summed E-state index contributed by atoms with van der Waals surface area (Å²) in [4.78, 5) is 0. The highest BCUT2D eigenvalue weighted by atomic mass is 32.2. The lowest BCUT2D eigenvalue weighted by atomic mass is 10.1. The van der Waals surface area contributed by atoms with E-state index < -0.39 is 5.82 Å². The summed E-state index contributed by atoms with van der Waals surface area (Å²) in [7, 11) is 1.43. The second kappa shape index (κ2) is 6.97. The Hall–Kier alpha value is -0.780. The van der Waals surface area contributed by atoms with Crippen LogP contribution in [0.2, 0.25) is 0 Å². The highest BCUT2D eigenvalue weighted by Crippen LogP contribution is 2.25. The zero-order valence-corrected chi connectivity index (χ0v) is 11.7. The number of hydrogen-bond acceptors (Lipinski definition) is 4. The number of halogens is 1. The molecule has 0 radical (unpaired) electrons. The van der Waals surface area contributed by atoms with Crippen LogP contribution in [-0.2, 0) is 0 Å². The van der Waals surface area contributed by atoms with Crippen molar-refractivity contribution in [2.45, 2.75) is 31.2 Å². The number of rotatable bonds is 6. The predicted molar refractivity (Wildman–Crippen MR) is 73.5 cm³/mol. The topological polar surface area (TPSA) is 55.5 Å². The van der Waals surface area contributed by atoms with Gasteiger partial charge in [0.1, 0.15) is 0 Å². The molecule has 0 heterocycles. The van der Waals surface area contributed by atoms with Crippen LogP contribution in [0.15, 0.2) is 18.2 Å². The molecule has 3 nitrogen and oxygen atoms in total. The minimum absolute atomic E-state index is 0.110. The first-order chi connectivity index (χ1) is 8.45. The molecule has 1 aromatic rings. The smallest absolute Gasteiger partial charge is 0.165 e. The van der Waals surface area contributed by atoms with E-state index in [9.17, 15) is 9.50 Å². The molecular weight excluding hydrogens is 253 g/mol. The molecule has 5 heteroatoms. The minimum atomic E-state index is -0.404. The second-order valence-electron chi connectivity index (χ2n) is 4.28. The minimum Gasteiger partial charge on any atom is -0.494 e. The SMILES string of the molecule is COc1ccc(C(N)CSC(C)C(C)O)cc1F. The van der Waals surface area contributed by atoms with E-state index in [4.69, 9.17) is 10.5 Å². The van der Waals surface area contributed by atoms with Crippen LogP contribution in [0, 0.1) is 5.82 Å². The van der Waals surface area contributed by atoms with E-state index in [2.05, 4.69) is 0 Å². The van der Waals surface area contributed by atoms with E-state index in [-0.39, 0.29) is 23.1 Å². The zero-order chi connectivity index (χ0) is 13.7. The summed E-state index contributed by atoms with van der Waals surface area (Å²) in [5.41, 5.74) is 6.73. The molecule has 0 spiro atoms. The Morgan fingerprint density at radius 3 is 2.61 bits per heavy atom. The Kier molecular flexibility index (Phi) is 5.91. The molecule has 3 N–H and O–H groups in total. The van der Waals surface area contributed by atoms with Crippen molar-refractivity contribution in [2.24, 2.45) is 5.73 Å². The normalized spacial score (nSPS) is 16.1. The van der Waals surface area contributed by atoms with Gasteiger partial charge in [-0.2, -0.15) is 11.8 Å². The van der Waals surface area contributed by atoms with E-state index in [1.165, 1.54) is 13.2 Å². The molecule has 1 rings (SSSR count). The highest BCUT2D eigenvalue weighted by molar-refractivity contribution is 7.99. The van der Waals surface area contributed by atoms with Crippen LogP contribution < -0.4 is 10.5 Å². The molecule has 1 aromatic carbocycles. The largest absolute Gasteiger partial charge is 0.494 e. The molecule has 0 saturated heterocycles. The van der Waals surface area contributed by atoms with E-state index in [0.717, 1.165) is 5.56 Å². The summed E-state index contributed by atoms with van der Waals surface area (Å²) in [6.45, 7) is 3.69. The third-order valence-corrected chi connectivity index (χ3v) is 4.29. The Balaban J connectivity index is 2.61. The Labute approximate surface area is 112 Å². The lowest BCUT2D eigenvalue weighted by Crippen LogP contribution is -2.20. The third kappa shape index (κ3) is 4.15. The van der Waals surface area contributed by atoms with E-state index in [1.54, 1.807) is 30.8 Å². The van der Waals surface area contributed by atoms with Gasteiger partial charge in [-0.1, -0.05) is 13.0 Å². The quantitative estimate of drug-likeness (QED) is 0.835. The average molecular weight is 273 g/mol. The molecule has 0 amide bonds. The Morgan fingerprint density at radius 1 is 1.44 bits per heavy atom. The van der Waals surface area contributed by atoms with Gasteiger partial charge < -0.3 is 15.6 Å². The maximum absolute atomic E-state index is 13.5. The molecule has 3 atom stereocenters. The molecule has 102 valence electrons. The molecule has 18 heavy (non-hydrogen) atoms. The first kappa shape index (κ1) is 15.3. The number of thioether (sulfide) groups is 1. The average Bonchev–Trinajstić information content (AvgIpc) is 2.35. The van der Waals surface area contributed by atoms with Crippen molar-refractivity contribution in [3.8, 4) is 5.75 Å². The molecule has 3 unspecified atom stereocenters. The van der Waals surface area contributed by atoms with Gasteiger partial charge in [0.05, 0.1) is 13.2 Å². The molecule has 0 aromatic heterocycles. The van der Waals surface area contributed by atoms with Crippen molar-refractivity contribution in [1.82, 2.24) is 0 Å². The van der Waals surface area contributed by atoms with Crippen molar-refractivity contribution < 1.29 is 14.2 Å². The van der Waals surface area contributed by atoms with Gasteiger partial charge >= 0.3 is 0 Å². The number of hydrogen-bond donors (Lipinski definition) is 2. The third-order valence-electron chi connectivity index (χ3n) is 2.82. The van der Waals surface area contributed by atoms with E-state index >= 15 is 0 Å². The summed E-state index contributed by atoms with van der Waals surface area (Å²) in [6, 6.07) is 4.49. The van der Waals surface area contributed by atoms with Crippen LogP contribution in [0.25, 0.3) is 0 Å². The van der Waals surface area contributed by atoms with Gasteiger partial charge in [0.2, 0.25) is 0 Å². The van der Waals surface area contributed by atoms with Gasteiger partial charge in [0.15, 0.2) is 11.6 Å². The molecular formula is C13H20FNO2S. The molecule has 0 bridgehead atoms. The molecule has 0 fully saturated rings. The van der Waals surface area contributed by atoms with Gasteiger partial charge in [0.25, 0.3) is 0 Å². The fraction of sp³-hybridized carbons (Fsp3) is 0.538. The lowest BCUT2D eigenvalue weighted by Gasteiger charge is -2.18.